The summed E-state index contributed by atoms with van der Waals surface area (Å²) >= 11 is 6.48. The van der Waals surface area contributed by atoms with Gasteiger partial charge in [-0.1, -0.05) is 48.7 Å². The Bertz CT molecular complexity index is 1320. The van der Waals surface area contributed by atoms with Gasteiger partial charge in [-0.3, -0.25) is 13.9 Å². The highest BCUT2D eigenvalue weighted by Crippen LogP contribution is 2.32. The largest absolute Gasteiger partial charge is 0.352 e. The molecule has 148 valence electrons. The van der Waals surface area contributed by atoms with E-state index in [1.54, 1.807) is 12.1 Å². The van der Waals surface area contributed by atoms with Gasteiger partial charge in [-0.15, -0.1) is 0 Å². The van der Waals surface area contributed by atoms with Gasteiger partial charge in [-0.05, 0) is 50.1 Å². The lowest BCUT2D eigenvalue weighted by molar-refractivity contribution is 0.582. The number of aromatic nitrogens is 3. The lowest BCUT2D eigenvalue weighted by Gasteiger charge is -2.21. The molecule has 0 amide bonds. The van der Waals surface area contributed by atoms with Crippen LogP contribution in [0.2, 0.25) is 5.02 Å². The summed E-state index contributed by atoms with van der Waals surface area (Å²) in [5, 5.41) is 1.30. The Morgan fingerprint density at radius 1 is 1.07 bits per heavy atom. The number of nitrogens with zero attached hydrogens (tertiary/aromatic N) is 3. The molecule has 0 unspecified atom stereocenters. The Morgan fingerprint density at radius 3 is 2.59 bits per heavy atom. The van der Waals surface area contributed by atoms with Crippen molar-refractivity contribution in [1.82, 2.24) is 14.1 Å². The predicted molar refractivity (Wildman–Crippen MR) is 118 cm³/mol. The van der Waals surface area contributed by atoms with Crippen molar-refractivity contribution in [3.05, 3.63) is 79.5 Å². The van der Waals surface area contributed by atoms with Crippen molar-refractivity contribution in [2.75, 3.05) is 0 Å². The molecule has 2 aliphatic rings. The van der Waals surface area contributed by atoms with Gasteiger partial charge >= 0.3 is 5.69 Å². The minimum atomic E-state index is -0.518. The van der Waals surface area contributed by atoms with Crippen LogP contribution in [0.15, 0.2) is 52.1 Å². The van der Waals surface area contributed by atoms with Crippen molar-refractivity contribution in [2.24, 2.45) is 0 Å². The summed E-state index contributed by atoms with van der Waals surface area (Å²) in [4.78, 5) is 30.2. The number of hydrogen-bond donors (Lipinski definition) is 0. The van der Waals surface area contributed by atoms with Crippen LogP contribution >= 0.6 is 11.6 Å². The number of pyridine rings is 1. The zero-order valence-electron chi connectivity index (χ0n) is 16.7. The Kier molecular flexibility index (Phi) is 5.01. The fraction of sp³-hybridized carbons (Fsp3) is 0.261. The molecule has 4 rings (SSSR count). The van der Waals surface area contributed by atoms with E-state index in [1.807, 2.05) is 49.6 Å². The Balaban J connectivity index is 2.18. The number of aryl methyl sites for hydroxylation is 2. The lowest BCUT2D eigenvalue weighted by atomic mass is 10.1. The standard InChI is InChI=1S/C23H22ClN3O2/c1-4-5-11-26-22(28)17-13-16-18(24)7-6-8-20(16)27(21(17)25-23(26)29)19-10-9-14(2)12-15(19)3/h6-10,12-13H,4-5,11H2,1-3H3. The minimum Gasteiger partial charge on any atom is -0.293 e. The first-order valence-electron chi connectivity index (χ1n) is 9.75. The summed E-state index contributed by atoms with van der Waals surface area (Å²) in [6.07, 6.45) is 1.63. The van der Waals surface area contributed by atoms with Crippen LogP contribution in [0, 0.1) is 13.8 Å². The van der Waals surface area contributed by atoms with Crippen LogP contribution in [-0.4, -0.2) is 14.1 Å². The summed E-state index contributed by atoms with van der Waals surface area (Å²) in [5.41, 5.74) is 3.37. The van der Waals surface area contributed by atoms with E-state index < -0.39 is 5.69 Å². The maximum atomic E-state index is 13.2. The summed E-state index contributed by atoms with van der Waals surface area (Å²) in [6, 6.07) is 13.4. The van der Waals surface area contributed by atoms with E-state index in [4.69, 9.17) is 11.6 Å². The zero-order chi connectivity index (χ0) is 20.7. The molecule has 0 atom stereocenters. The number of halogens is 1. The first-order valence-corrected chi connectivity index (χ1v) is 10.1. The molecule has 5 nitrogen and oxygen atoms in total. The molecule has 2 aliphatic heterocycles. The van der Waals surface area contributed by atoms with Gasteiger partial charge in [-0.25, -0.2) is 4.79 Å². The SMILES string of the molecule is CCCCn1c(=O)nc2n(-c3ccc(C)cc3C)c3cccc(Cl)c3cc-2c1=O. The lowest BCUT2D eigenvalue weighted by Crippen LogP contribution is -2.38. The summed E-state index contributed by atoms with van der Waals surface area (Å²) in [6.45, 7) is 6.41. The number of fused-ring (bicyclic) bond motifs is 2. The van der Waals surface area contributed by atoms with Crippen molar-refractivity contribution >= 4 is 22.5 Å². The first-order chi connectivity index (χ1) is 13.9. The van der Waals surface area contributed by atoms with Gasteiger partial charge < -0.3 is 0 Å². The number of benzene rings is 2. The second kappa shape index (κ2) is 7.48. The fourth-order valence-electron chi connectivity index (χ4n) is 3.77. The fourth-order valence-corrected chi connectivity index (χ4v) is 4.00. The zero-order valence-corrected chi connectivity index (χ0v) is 17.5. The van der Waals surface area contributed by atoms with Crippen LogP contribution in [-0.2, 0) is 6.54 Å². The van der Waals surface area contributed by atoms with Gasteiger partial charge in [-0.2, -0.15) is 4.98 Å². The molecule has 0 aliphatic carbocycles. The maximum absolute atomic E-state index is 13.2. The molecule has 2 aromatic rings. The highest BCUT2D eigenvalue weighted by molar-refractivity contribution is 6.35. The van der Waals surface area contributed by atoms with Gasteiger partial charge in [0.15, 0.2) is 5.82 Å². The van der Waals surface area contributed by atoms with E-state index in [-0.39, 0.29) is 5.56 Å². The van der Waals surface area contributed by atoms with Crippen molar-refractivity contribution in [2.45, 2.75) is 40.2 Å². The molecule has 0 bridgehead atoms. The molecular formula is C23H22ClN3O2. The van der Waals surface area contributed by atoms with Crippen LogP contribution in [0.25, 0.3) is 28.0 Å². The predicted octanol–water partition coefficient (Wildman–Crippen LogP) is 4.72. The van der Waals surface area contributed by atoms with E-state index in [9.17, 15) is 9.59 Å². The molecule has 0 spiro atoms. The quantitative estimate of drug-likeness (QED) is 0.460. The van der Waals surface area contributed by atoms with E-state index in [0.717, 1.165) is 40.6 Å². The molecule has 0 radical (unpaired) electrons. The van der Waals surface area contributed by atoms with E-state index in [2.05, 4.69) is 11.1 Å². The molecule has 2 heterocycles. The molecule has 0 N–H and O–H groups in total. The smallest absolute Gasteiger partial charge is 0.293 e. The average Bonchev–Trinajstić information content (AvgIpc) is 2.68. The minimum absolute atomic E-state index is 0.325. The molecule has 29 heavy (non-hydrogen) atoms. The van der Waals surface area contributed by atoms with Crippen LogP contribution in [0.4, 0.5) is 0 Å². The molecule has 0 fully saturated rings. The third-order valence-electron chi connectivity index (χ3n) is 5.25. The maximum Gasteiger partial charge on any atom is 0.352 e. The van der Waals surface area contributed by atoms with Crippen molar-refractivity contribution < 1.29 is 0 Å². The first kappa shape index (κ1) is 19.4. The van der Waals surface area contributed by atoms with Crippen molar-refractivity contribution in [1.29, 1.82) is 0 Å². The van der Waals surface area contributed by atoms with Gasteiger partial charge in [0.25, 0.3) is 5.56 Å². The molecule has 0 saturated carbocycles. The van der Waals surface area contributed by atoms with Crippen LogP contribution in [0.3, 0.4) is 0 Å². The topological polar surface area (TPSA) is 56.9 Å². The summed E-state index contributed by atoms with van der Waals surface area (Å²) in [5.74, 6) is 0.356. The van der Waals surface area contributed by atoms with E-state index >= 15 is 0 Å². The average molecular weight is 408 g/mol. The van der Waals surface area contributed by atoms with Gasteiger partial charge in [0.1, 0.15) is 0 Å². The Hall–Kier alpha value is -2.92. The third kappa shape index (κ3) is 3.25. The normalized spacial score (nSPS) is 11.4. The summed E-state index contributed by atoms with van der Waals surface area (Å²) < 4.78 is 3.10. The van der Waals surface area contributed by atoms with Crippen molar-refractivity contribution in [3.8, 4) is 17.1 Å². The molecule has 2 aromatic carbocycles. The van der Waals surface area contributed by atoms with Crippen LogP contribution in [0.1, 0.15) is 30.9 Å². The highest BCUT2D eigenvalue weighted by atomic mass is 35.5. The number of rotatable bonds is 4. The van der Waals surface area contributed by atoms with Gasteiger partial charge in [0.2, 0.25) is 0 Å². The van der Waals surface area contributed by atoms with Gasteiger partial charge in [0, 0.05) is 17.0 Å². The van der Waals surface area contributed by atoms with Gasteiger partial charge in [0.05, 0.1) is 16.8 Å². The van der Waals surface area contributed by atoms with Crippen molar-refractivity contribution in [3.63, 3.8) is 0 Å². The highest BCUT2D eigenvalue weighted by Gasteiger charge is 2.22. The third-order valence-corrected chi connectivity index (χ3v) is 5.58. The molecule has 6 heteroatoms. The van der Waals surface area contributed by atoms with E-state index in [0.29, 0.717) is 23.0 Å². The Labute approximate surface area is 173 Å². The second-order valence-electron chi connectivity index (χ2n) is 7.38. The number of hydrogen-bond acceptors (Lipinski definition) is 3. The van der Waals surface area contributed by atoms with Crippen LogP contribution in [0.5, 0.6) is 0 Å². The molecule has 0 saturated heterocycles. The number of unbranched alkanes of at least 4 members (excludes halogenated alkanes) is 1. The van der Waals surface area contributed by atoms with E-state index in [1.165, 1.54) is 4.57 Å². The monoisotopic (exact) mass is 407 g/mol. The molecule has 0 aromatic heterocycles. The Morgan fingerprint density at radius 2 is 1.86 bits per heavy atom. The summed E-state index contributed by atoms with van der Waals surface area (Å²) in [7, 11) is 0. The van der Waals surface area contributed by atoms with Crippen LogP contribution < -0.4 is 11.2 Å². The molecular weight excluding hydrogens is 386 g/mol. The second-order valence-corrected chi connectivity index (χ2v) is 7.79.